The van der Waals surface area contributed by atoms with Crippen LogP contribution in [-0.2, 0) is 32.6 Å². The molecule has 0 radical (unpaired) electrons. The average molecular weight is 464 g/mol. The van der Waals surface area contributed by atoms with E-state index in [0.717, 1.165) is 44.1 Å². The number of hydrogen-bond acceptors (Lipinski definition) is 5. The van der Waals surface area contributed by atoms with Gasteiger partial charge in [-0.15, -0.1) is 0 Å². The lowest BCUT2D eigenvalue weighted by Crippen LogP contribution is -2.25. The molecule has 178 valence electrons. The fraction of sp³-hybridized carbons (Fsp3) is 0.300. The summed E-state index contributed by atoms with van der Waals surface area (Å²) in [6, 6.07) is 25.5. The van der Waals surface area contributed by atoms with Gasteiger partial charge in [-0.3, -0.25) is 19.9 Å². The monoisotopic (exact) mass is 463 g/mol. The van der Waals surface area contributed by atoms with Gasteiger partial charge in [-0.25, -0.2) is 0 Å². The van der Waals surface area contributed by atoms with Gasteiger partial charge in [0.2, 0.25) is 0 Å². The highest BCUT2D eigenvalue weighted by molar-refractivity contribution is 5.27. The van der Waals surface area contributed by atoms with Gasteiger partial charge in [0, 0.05) is 62.9 Å². The van der Waals surface area contributed by atoms with Crippen LogP contribution in [0.5, 0.6) is 0 Å². The Morgan fingerprint density at radius 3 is 2.09 bits per heavy atom. The quantitative estimate of drug-likeness (QED) is 0.347. The molecule has 0 amide bonds. The van der Waals surface area contributed by atoms with E-state index in [2.05, 4.69) is 73.7 Å². The number of nitrogens with one attached hydrogen (secondary N) is 1. The number of pyridine rings is 3. The van der Waals surface area contributed by atoms with E-state index in [1.165, 1.54) is 41.6 Å². The first-order valence-electron chi connectivity index (χ1n) is 12.6. The lowest BCUT2D eigenvalue weighted by Gasteiger charge is -2.24. The number of aromatic nitrogens is 3. The molecule has 35 heavy (non-hydrogen) atoms. The van der Waals surface area contributed by atoms with Crippen LogP contribution in [-0.4, -0.2) is 26.4 Å². The SMILES string of the molecule is c1ccc(CN(Cc2ccc(CNCC3CCCc4cccnc43)cc2)Cc2ccccn2)nc1. The van der Waals surface area contributed by atoms with Crippen molar-refractivity contribution >= 4 is 0 Å². The lowest BCUT2D eigenvalue weighted by molar-refractivity contribution is 0.241. The third-order valence-electron chi connectivity index (χ3n) is 6.68. The molecule has 3 heterocycles. The molecule has 3 aromatic heterocycles. The number of fused-ring (bicyclic) bond motifs is 1. The van der Waals surface area contributed by atoms with Crippen LogP contribution < -0.4 is 5.32 Å². The second-order valence-electron chi connectivity index (χ2n) is 9.37. The molecule has 5 rings (SSSR count). The van der Waals surface area contributed by atoms with Crippen LogP contribution >= 0.6 is 0 Å². The summed E-state index contributed by atoms with van der Waals surface area (Å²) in [6.07, 6.45) is 9.29. The van der Waals surface area contributed by atoms with Crippen molar-refractivity contribution in [3.63, 3.8) is 0 Å². The van der Waals surface area contributed by atoms with Gasteiger partial charge < -0.3 is 5.32 Å². The zero-order chi connectivity index (χ0) is 23.7. The molecule has 0 saturated carbocycles. The highest BCUT2D eigenvalue weighted by Gasteiger charge is 2.20. The molecular formula is C30H33N5. The van der Waals surface area contributed by atoms with E-state index in [1.54, 1.807) is 0 Å². The van der Waals surface area contributed by atoms with Crippen molar-refractivity contribution in [3.8, 4) is 0 Å². The molecule has 1 aliphatic rings. The average Bonchev–Trinajstić information content (AvgIpc) is 2.91. The first-order chi connectivity index (χ1) is 17.3. The zero-order valence-corrected chi connectivity index (χ0v) is 20.2. The number of benzene rings is 1. The van der Waals surface area contributed by atoms with Gasteiger partial charge in [-0.2, -0.15) is 0 Å². The van der Waals surface area contributed by atoms with Crippen molar-refractivity contribution in [1.29, 1.82) is 0 Å². The third-order valence-corrected chi connectivity index (χ3v) is 6.68. The van der Waals surface area contributed by atoms with Crippen molar-refractivity contribution < 1.29 is 0 Å². The van der Waals surface area contributed by atoms with Crippen molar-refractivity contribution in [1.82, 2.24) is 25.2 Å². The fourth-order valence-corrected chi connectivity index (χ4v) is 4.92. The van der Waals surface area contributed by atoms with Crippen LogP contribution in [0.15, 0.2) is 91.4 Å². The molecule has 1 aromatic carbocycles. The molecule has 5 heteroatoms. The lowest BCUT2D eigenvalue weighted by atomic mass is 9.86. The normalized spacial score (nSPS) is 15.2. The molecule has 0 fully saturated rings. The van der Waals surface area contributed by atoms with Gasteiger partial charge in [0.05, 0.1) is 11.4 Å². The molecule has 4 aromatic rings. The van der Waals surface area contributed by atoms with Crippen LogP contribution in [0.3, 0.4) is 0 Å². The molecule has 0 bridgehead atoms. The molecule has 0 spiro atoms. The Hall–Kier alpha value is -3.41. The summed E-state index contributed by atoms with van der Waals surface area (Å²) in [5.41, 5.74) is 7.47. The smallest absolute Gasteiger partial charge is 0.0544 e. The molecule has 5 nitrogen and oxygen atoms in total. The Morgan fingerprint density at radius 1 is 0.714 bits per heavy atom. The highest BCUT2D eigenvalue weighted by atomic mass is 15.1. The van der Waals surface area contributed by atoms with Gasteiger partial charge in [-0.1, -0.05) is 42.5 Å². The van der Waals surface area contributed by atoms with Gasteiger partial charge >= 0.3 is 0 Å². The van der Waals surface area contributed by atoms with E-state index in [1.807, 2.05) is 42.9 Å². The van der Waals surface area contributed by atoms with E-state index in [-0.39, 0.29) is 0 Å². The molecular weight excluding hydrogens is 430 g/mol. The van der Waals surface area contributed by atoms with Crippen LogP contribution in [0.25, 0.3) is 0 Å². The summed E-state index contributed by atoms with van der Waals surface area (Å²) in [5.74, 6) is 0.519. The minimum atomic E-state index is 0.519. The largest absolute Gasteiger partial charge is 0.312 e. The van der Waals surface area contributed by atoms with E-state index in [9.17, 15) is 0 Å². The van der Waals surface area contributed by atoms with Crippen LogP contribution in [0.2, 0.25) is 0 Å². The molecule has 1 N–H and O–H groups in total. The summed E-state index contributed by atoms with van der Waals surface area (Å²) in [7, 11) is 0. The second kappa shape index (κ2) is 11.8. The third kappa shape index (κ3) is 6.59. The maximum Gasteiger partial charge on any atom is 0.0544 e. The van der Waals surface area contributed by atoms with Gasteiger partial charge in [0.1, 0.15) is 0 Å². The van der Waals surface area contributed by atoms with E-state index in [4.69, 9.17) is 0 Å². The standard InChI is InChI=1S/C30H33N5/c1-3-16-32-28(10-1)22-35(23-29-11-2-4-17-33-29)21-25-14-12-24(13-15-25)19-31-20-27-8-5-7-26-9-6-18-34-30(26)27/h1-4,6,9-18,27,31H,5,7-8,19-23H2. The van der Waals surface area contributed by atoms with Gasteiger partial charge in [-0.05, 0) is 66.3 Å². The summed E-state index contributed by atoms with van der Waals surface area (Å²) in [4.78, 5) is 16.1. The maximum atomic E-state index is 4.67. The summed E-state index contributed by atoms with van der Waals surface area (Å²) in [5, 5.41) is 3.67. The van der Waals surface area contributed by atoms with Crippen molar-refractivity contribution in [3.05, 3.63) is 125 Å². The minimum absolute atomic E-state index is 0.519. The van der Waals surface area contributed by atoms with Crippen LogP contribution in [0.4, 0.5) is 0 Å². The minimum Gasteiger partial charge on any atom is -0.312 e. The molecule has 0 saturated heterocycles. The Balaban J connectivity index is 1.17. The van der Waals surface area contributed by atoms with Crippen LogP contribution in [0, 0.1) is 0 Å². The maximum absolute atomic E-state index is 4.67. The first-order valence-corrected chi connectivity index (χ1v) is 12.6. The molecule has 1 unspecified atom stereocenters. The van der Waals surface area contributed by atoms with E-state index < -0.39 is 0 Å². The zero-order valence-electron chi connectivity index (χ0n) is 20.2. The highest BCUT2D eigenvalue weighted by Crippen LogP contribution is 2.29. The second-order valence-corrected chi connectivity index (χ2v) is 9.37. The molecule has 0 aliphatic heterocycles. The number of hydrogen-bond donors (Lipinski definition) is 1. The Labute approximate surface area is 208 Å². The number of rotatable bonds is 10. The summed E-state index contributed by atoms with van der Waals surface area (Å²) < 4.78 is 0. The van der Waals surface area contributed by atoms with Crippen molar-refractivity contribution in [2.24, 2.45) is 0 Å². The first kappa shape index (κ1) is 23.3. The summed E-state index contributed by atoms with van der Waals surface area (Å²) >= 11 is 0. The summed E-state index contributed by atoms with van der Waals surface area (Å²) in [6.45, 7) is 4.29. The number of aryl methyl sites for hydroxylation is 1. The van der Waals surface area contributed by atoms with Gasteiger partial charge in [0.15, 0.2) is 0 Å². The Morgan fingerprint density at radius 2 is 1.40 bits per heavy atom. The number of nitrogens with zero attached hydrogens (tertiary/aromatic N) is 4. The van der Waals surface area contributed by atoms with E-state index >= 15 is 0 Å². The van der Waals surface area contributed by atoms with Crippen LogP contribution in [0.1, 0.15) is 52.5 Å². The topological polar surface area (TPSA) is 53.9 Å². The van der Waals surface area contributed by atoms with Crippen molar-refractivity contribution in [2.45, 2.75) is 51.4 Å². The predicted octanol–water partition coefficient (Wildman–Crippen LogP) is 5.28. The Bertz CT molecular complexity index is 1140. The van der Waals surface area contributed by atoms with Crippen molar-refractivity contribution in [2.75, 3.05) is 6.54 Å². The fourth-order valence-electron chi connectivity index (χ4n) is 4.92. The van der Waals surface area contributed by atoms with E-state index in [0.29, 0.717) is 5.92 Å². The van der Waals surface area contributed by atoms with Gasteiger partial charge in [0.25, 0.3) is 0 Å². The molecule has 1 aliphatic carbocycles. The predicted molar refractivity (Wildman–Crippen MR) is 139 cm³/mol. The Kier molecular flexibility index (Phi) is 7.89. The molecule has 1 atom stereocenters.